The highest BCUT2D eigenvalue weighted by molar-refractivity contribution is 4.86. The predicted molar refractivity (Wildman–Crippen MR) is 35.5 cm³/mol. The first-order valence-electron chi connectivity index (χ1n) is 2.82. The minimum atomic E-state index is -0.303. The van der Waals surface area contributed by atoms with Gasteiger partial charge in [0.25, 0.3) is 0 Å². The molecular formula is C5H8N4O. The average Bonchev–Trinajstić information content (AvgIpc) is 2.15. The number of aromatic amines is 1. The van der Waals surface area contributed by atoms with Crippen molar-refractivity contribution in [3.05, 3.63) is 22.6 Å². The van der Waals surface area contributed by atoms with Crippen LogP contribution in [-0.4, -0.2) is 20.2 Å². The van der Waals surface area contributed by atoms with Gasteiger partial charge in [-0.3, -0.25) is 0 Å². The Kier molecular flexibility index (Phi) is 1.66. The molecule has 0 atom stereocenters. The van der Waals surface area contributed by atoms with Crippen molar-refractivity contribution in [2.45, 2.75) is 13.5 Å². The van der Waals surface area contributed by atoms with Crippen molar-refractivity contribution in [1.82, 2.24) is 20.2 Å². The molecule has 5 nitrogen and oxygen atoms in total. The van der Waals surface area contributed by atoms with Gasteiger partial charge in [0.05, 0.1) is 6.54 Å². The standard InChI is InChI=1S/C5H8N4O/c1-4(2)3-9-5(10)6-7-8-9/h1,3H2,2H3,(H,6,8,10). The van der Waals surface area contributed by atoms with Gasteiger partial charge in [-0.25, -0.2) is 9.89 Å². The molecule has 0 aliphatic heterocycles. The Morgan fingerprint density at radius 2 is 2.60 bits per heavy atom. The minimum absolute atomic E-state index is 0.303. The van der Waals surface area contributed by atoms with Crippen LogP contribution in [0.1, 0.15) is 6.92 Å². The van der Waals surface area contributed by atoms with Crippen molar-refractivity contribution in [3.8, 4) is 0 Å². The van der Waals surface area contributed by atoms with Gasteiger partial charge in [0.15, 0.2) is 0 Å². The summed E-state index contributed by atoms with van der Waals surface area (Å²) in [7, 11) is 0. The fourth-order valence-electron chi connectivity index (χ4n) is 0.577. The highest BCUT2D eigenvalue weighted by Crippen LogP contribution is 1.86. The van der Waals surface area contributed by atoms with Gasteiger partial charge < -0.3 is 0 Å². The molecule has 0 saturated carbocycles. The van der Waals surface area contributed by atoms with E-state index in [-0.39, 0.29) is 5.69 Å². The molecule has 1 rings (SSSR count). The summed E-state index contributed by atoms with van der Waals surface area (Å²) >= 11 is 0. The fraction of sp³-hybridized carbons (Fsp3) is 0.400. The monoisotopic (exact) mass is 140 g/mol. The Hall–Kier alpha value is -1.39. The van der Waals surface area contributed by atoms with Crippen molar-refractivity contribution in [1.29, 1.82) is 0 Å². The first-order chi connectivity index (χ1) is 4.70. The lowest BCUT2D eigenvalue weighted by atomic mass is 10.4. The second kappa shape index (κ2) is 2.47. The minimum Gasteiger partial charge on any atom is -0.245 e. The van der Waals surface area contributed by atoms with Gasteiger partial charge in [-0.05, 0) is 17.4 Å². The van der Waals surface area contributed by atoms with Gasteiger partial charge in [0, 0.05) is 0 Å². The zero-order chi connectivity index (χ0) is 7.56. The maximum Gasteiger partial charge on any atom is 0.361 e. The van der Waals surface area contributed by atoms with Gasteiger partial charge >= 0.3 is 5.69 Å². The van der Waals surface area contributed by atoms with E-state index in [0.717, 1.165) is 5.57 Å². The first-order valence-corrected chi connectivity index (χ1v) is 2.82. The summed E-state index contributed by atoms with van der Waals surface area (Å²) < 4.78 is 1.21. The lowest BCUT2D eigenvalue weighted by Gasteiger charge is -1.93. The molecule has 1 aromatic rings. The van der Waals surface area contributed by atoms with Gasteiger partial charge in [0.1, 0.15) is 0 Å². The molecule has 0 saturated heterocycles. The molecule has 1 N–H and O–H groups in total. The number of rotatable bonds is 2. The van der Waals surface area contributed by atoms with E-state index >= 15 is 0 Å². The van der Waals surface area contributed by atoms with E-state index in [1.807, 2.05) is 6.92 Å². The third-order valence-corrected chi connectivity index (χ3v) is 0.952. The van der Waals surface area contributed by atoms with E-state index in [0.29, 0.717) is 6.54 Å². The van der Waals surface area contributed by atoms with E-state index in [4.69, 9.17) is 0 Å². The van der Waals surface area contributed by atoms with Crippen molar-refractivity contribution >= 4 is 0 Å². The van der Waals surface area contributed by atoms with Crippen LogP contribution in [0.2, 0.25) is 0 Å². The summed E-state index contributed by atoms with van der Waals surface area (Å²) in [5.41, 5.74) is 0.569. The lowest BCUT2D eigenvalue weighted by molar-refractivity contribution is 0.626. The summed E-state index contributed by atoms with van der Waals surface area (Å²) in [6, 6.07) is 0. The number of hydrogen-bond acceptors (Lipinski definition) is 3. The number of nitrogens with zero attached hydrogens (tertiary/aromatic N) is 3. The lowest BCUT2D eigenvalue weighted by Crippen LogP contribution is -2.18. The SMILES string of the molecule is C=C(C)Cn1nn[nH]c1=O. The van der Waals surface area contributed by atoms with Crippen molar-refractivity contribution in [2.24, 2.45) is 0 Å². The van der Waals surface area contributed by atoms with Crippen LogP contribution in [0.3, 0.4) is 0 Å². The number of aromatic nitrogens is 4. The van der Waals surface area contributed by atoms with Crippen LogP contribution in [-0.2, 0) is 6.54 Å². The van der Waals surface area contributed by atoms with Crippen LogP contribution >= 0.6 is 0 Å². The fourth-order valence-corrected chi connectivity index (χ4v) is 0.577. The quantitative estimate of drug-likeness (QED) is 0.565. The Morgan fingerprint density at radius 1 is 1.90 bits per heavy atom. The topological polar surface area (TPSA) is 63.6 Å². The molecule has 54 valence electrons. The summed E-state index contributed by atoms with van der Waals surface area (Å²) in [5.74, 6) is 0. The number of H-pyrrole nitrogens is 1. The predicted octanol–water partition coefficient (Wildman–Crippen LogP) is -0.457. The smallest absolute Gasteiger partial charge is 0.245 e. The molecule has 10 heavy (non-hydrogen) atoms. The summed E-state index contributed by atoms with van der Waals surface area (Å²) in [6.45, 7) is 5.88. The number of tetrazole rings is 1. The largest absolute Gasteiger partial charge is 0.361 e. The third kappa shape index (κ3) is 1.31. The highest BCUT2D eigenvalue weighted by atomic mass is 16.2. The van der Waals surface area contributed by atoms with Crippen LogP contribution in [0, 0.1) is 0 Å². The third-order valence-electron chi connectivity index (χ3n) is 0.952. The average molecular weight is 140 g/mol. The molecule has 5 heteroatoms. The molecule has 1 heterocycles. The van der Waals surface area contributed by atoms with Gasteiger partial charge in [-0.2, -0.15) is 4.68 Å². The summed E-state index contributed by atoms with van der Waals surface area (Å²) in [4.78, 5) is 10.7. The maximum atomic E-state index is 10.7. The second-order valence-electron chi connectivity index (χ2n) is 2.12. The molecule has 0 spiro atoms. The Bertz CT molecular complexity index is 284. The first kappa shape index (κ1) is 6.73. The second-order valence-corrected chi connectivity index (χ2v) is 2.12. The van der Waals surface area contributed by atoms with Gasteiger partial charge in [-0.1, -0.05) is 12.2 Å². The number of hydrogen-bond donors (Lipinski definition) is 1. The Balaban J connectivity index is 2.85. The molecule has 0 bridgehead atoms. The zero-order valence-corrected chi connectivity index (χ0v) is 5.66. The van der Waals surface area contributed by atoms with Gasteiger partial charge in [-0.15, -0.1) is 0 Å². The van der Waals surface area contributed by atoms with Crippen molar-refractivity contribution in [2.75, 3.05) is 0 Å². The van der Waals surface area contributed by atoms with E-state index in [1.54, 1.807) is 0 Å². The zero-order valence-electron chi connectivity index (χ0n) is 5.66. The van der Waals surface area contributed by atoms with Crippen LogP contribution in [0.5, 0.6) is 0 Å². The van der Waals surface area contributed by atoms with E-state index in [1.165, 1.54) is 4.68 Å². The maximum absolute atomic E-state index is 10.7. The molecule has 0 aliphatic carbocycles. The molecule has 0 fully saturated rings. The van der Waals surface area contributed by atoms with E-state index in [9.17, 15) is 4.79 Å². The van der Waals surface area contributed by atoms with Crippen LogP contribution < -0.4 is 5.69 Å². The van der Waals surface area contributed by atoms with Crippen molar-refractivity contribution in [3.63, 3.8) is 0 Å². The molecule has 0 aliphatic rings. The molecule has 0 unspecified atom stereocenters. The molecular weight excluding hydrogens is 132 g/mol. The number of allylic oxidation sites excluding steroid dienone is 1. The van der Waals surface area contributed by atoms with Crippen LogP contribution in [0.4, 0.5) is 0 Å². The molecule has 1 aromatic heterocycles. The Labute approximate surface area is 57.3 Å². The Morgan fingerprint density at radius 3 is 3.00 bits per heavy atom. The summed E-state index contributed by atoms with van der Waals surface area (Å²) in [6.07, 6.45) is 0. The molecule has 0 amide bonds. The van der Waals surface area contributed by atoms with Crippen molar-refractivity contribution < 1.29 is 0 Å². The van der Waals surface area contributed by atoms with Crippen LogP contribution in [0.15, 0.2) is 16.9 Å². The van der Waals surface area contributed by atoms with E-state index in [2.05, 4.69) is 22.1 Å². The molecule has 0 radical (unpaired) electrons. The number of nitrogens with one attached hydrogen (secondary N) is 1. The van der Waals surface area contributed by atoms with Crippen LogP contribution in [0.25, 0.3) is 0 Å². The van der Waals surface area contributed by atoms with E-state index < -0.39 is 0 Å². The molecule has 0 aromatic carbocycles. The summed E-state index contributed by atoms with van der Waals surface area (Å²) in [5, 5.41) is 8.98. The van der Waals surface area contributed by atoms with Gasteiger partial charge in [0.2, 0.25) is 0 Å². The normalized spacial score (nSPS) is 9.70. The highest BCUT2D eigenvalue weighted by Gasteiger charge is 1.96.